The van der Waals surface area contributed by atoms with Crippen LogP contribution in [0.15, 0.2) is 18.2 Å². The predicted molar refractivity (Wildman–Crippen MR) is 65.5 cm³/mol. The molecule has 1 aromatic carbocycles. The first-order valence-corrected chi connectivity index (χ1v) is 5.43. The van der Waals surface area contributed by atoms with Gasteiger partial charge in [-0.05, 0) is 26.0 Å². The van der Waals surface area contributed by atoms with E-state index in [2.05, 4.69) is 10.6 Å². The highest BCUT2D eigenvalue weighted by atomic mass is 16.5. The van der Waals surface area contributed by atoms with Crippen molar-refractivity contribution in [3.63, 3.8) is 0 Å². The molecule has 1 unspecified atom stereocenters. The van der Waals surface area contributed by atoms with Gasteiger partial charge in [0.1, 0.15) is 11.5 Å². The number of nitrogens with one attached hydrogen (secondary N) is 2. The summed E-state index contributed by atoms with van der Waals surface area (Å²) >= 11 is 0. The van der Waals surface area contributed by atoms with E-state index in [4.69, 9.17) is 4.74 Å². The smallest absolute Gasteiger partial charge is 0.321 e. The van der Waals surface area contributed by atoms with E-state index in [0.717, 1.165) is 0 Å². The minimum absolute atomic E-state index is 0.0893. The fourth-order valence-electron chi connectivity index (χ4n) is 1.25. The van der Waals surface area contributed by atoms with Gasteiger partial charge in [0.05, 0.1) is 0 Å². The number of rotatable bonds is 3. The second-order valence-corrected chi connectivity index (χ2v) is 3.73. The Morgan fingerprint density at radius 2 is 2.06 bits per heavy atom. The molecule has 1 rings (SSSR count). The maximum atomic E-state index is 11.6. The summed E-state index contributed by atoms with van der Waals surface area (Å²) in [5.41, 5.74) is 0.539. The van der Waals surface area contributed by atoms with Gasteiger partial charge >= 0.3 is 6.03 Å². The number of carbonyl (C=O) groups excluding carboxylic acids is 2. The molecule has 0 aromatic heterocycles. The fraction of sp³-hybridized carbons (Fsp3) is 0.333. The quantitative estimate of drug-likeness (QED) is 0.746. The van der Waals surface area contributed by atoms with Gasteiger partial charge < -0.3 is 15.2 Å². The van der Waals surface area contributed by atoms with Crippen LogP contribution in [0.3, 0.4) is 0 Å². The molecule has 6 nitrogen and oxygen atoms in total. The number of amides is 3. The Kier molecular flexibility index (Phi) is 4.53. The van der Waals surface area contributed by atoms with Crippen LogP contribution in [0.5, 0.6) is 11.5 Å². The van der Waals surface area contributed by atoms with E-state index in [9.17, 15) is 14.7 Å². The van der Waals surface area contributed by atoms with Gasteiger partial charge in [0.15, 0.2) is 6.10 Å². The second kappa shape index (κ2) is 5.90. The van der Waals surface area contributed by atoms with Crippen molar-refractivity contribution in [2.75, 3.05) is 7.05 Å². The van der Waals surface area contributed by atoms with Gasteiger partial charge in [0.25, 0.3) is 5.91 Å². The molecule has 3 amide bonds. The summed E-state index contributed by atoms with van der Waals surface area (Å²) in [6.07, 6.45) is -0.845. The van der Waals surface area contributed by atoms with Crippen molar-refractivity contribution in [1.29, 1.82) is 0 Å². The highest BCUT2D eigenvalue weighted by Gasteiger charge is 2.18. The molecule has 98 valence electrons. The lowest BCUT2D eigenvalue weighted by molar-refractivity contribution is -0.126. The first-order chi connectivity index (χ1) is 8.45. The Hall–Kier alpha value is -2.24. The summed E-state index contributed by atoms with van der Waals surface area (Å²) in [5.74, 6) is -0.0712. The number of phenolic OH excluding ortho intramolecular Hbond substituents is 1. The third kappa shape index (κ3) is 3.38. The topological polar surface area (TPSA) is 87.7 Å². The first kappa shape index (κ1) is 13.8. The number of imide groups is 1. The Labute approximate surface area is 105 Å². The Morgan fingerprint density at radius 1 is 1.39 bits per heavy atom. The number of carbonyl (C=O) groups is 2. The van der Waals surface area contributed by atoms with E-state index >= 15 is 0 Å². The monoisotopic (exact) mass is 252 g/mol. The summed E-state index contributed by atoms with van der Waals surface area (Å²) in [4.78, 5) is 22.5. The van der Waals surface area contributed by atoms with Gasteiger partial charge in [0.2, 0.25) is 0 Å². The SMILES string of the molecule is CNC(=O)NC(=O)C(C)Oc1cccc(O)c1C. The van der Waals surface area contributed by atoms with Crippen molar-refractivity contribution in [2.45, 2.75) is 20.0 Å². The van der Waals surface area contributed by atoms with E-state index < -0.39 is 18.0 Å². The lowest BCUT2D eigenvalue weighted by Crippen LogP contribution is -2.44. The number of ether oxygens (including phenoxy) is 1. The van der Waals surface area contributed by atoms with Gasteiger partial charge in [-0.15, -0.1) is 0 Å². The zero-order chi connectivity index (χ0) is 13.7. The van der Waals surface area contributed by atoms with Crippen LogP contribution in [0.1, 0.15) is 12.5 Å². The maximum absolute atomic E-state index is 11.6. The van der Waals surface area contributed by atoms with E-state index in [1.165, 1.54) is 20.0 Å². The molecule has 0 spiro atoms. The molecular weight excluding hydrogens is 236 g/mol. The van der Waals surface area contributed by atoms with Gasteiger partial charge in [-0.2, -0.15) is 0 Å². The van der Waals surface area contributed by atoms with Crippen LogP contribution >= 0.6 is 0 Å². The van der Waals surface area contributed by atoms with Crippen LogP contribution in [0.4, 0.5) is 4.79 Å². The summed E-state index contributed by atoms with van der Waals surface area (Å²) < 4.78 is 5.38. The molecule has 0 heterocycles. The first-order valence-electron chi connectivity index (χ1n) is 5.43. The van der Waals surface area contributed by atoms with Gasteiger partial charge in [0, 0.05) is 12.6 Å². The summed E-state index contributed by atoms with van der Waals surface area (Å²) in [6.45, 7) is 3.19. The number of hydrogen-bond donors (Lipinski definition) is 3. The van der Waals surface area contributed by atoms with E-state index in [1.807, 2.05) is 0 Å². The zero-order valence-electron chi connectivity index (χ0n) is 10.5. The number of urea groups is 1. The highest BCUT2D eigenvalue weighted by molar-refractivity contribution is 5.96. The molecule has 3 N–H and O–H groups in total. The standard InChI is InChI=1S/C12H16N2O4/c1-7-9(15)5-4-6-10(7)18-8(2)11(16)14-12(17)13-3/h4-6,8,15H,1-3H3,(H2,13,14,16,17). The molecule has 0 fully saturated rings. The van der Waals surface area contributed by atoms with Crippen LogP contribution in [0, 0.1) is 6.92 Å². The number of hydrogen-bond acceptors (Lipinski definition) is 4. The van der Waals surface area contributed by atoms with E-state index in [0.29, 0.717) is 11.3 Å². The highest BCUT2D eigenvalue weighted by Crippen LogP contribution is 2.26. The average molecular weight is 252 g/mol. The summed E-state index contributed by atoms with van der Waals surface area (Å²) in [6, 6.07) is 4.18. The predicted octanol–water partition coefficient (Wildman–Crippen LogP) is 0.924. The summed E-state index contributed by atoms with van der Waals surface area (Å²) in [7, 11) is 1.41. The molecule has 0 bridgehead atoms. The third-order valence-electron chi connectivity index (χ3n) is 2.39. The van der Waals surface area contributed by atoms with Crippen molar-refractivity contribution in [1.82, 2.24) is 10.6 Å². The normalized spacial score (nSPS) is 11.5. The zero-order valence-corrected chi connectivity index (χ0v) is 10.5. The van der Waals surface area contributed by atoms with Crippen molar-refractivity contribution in [3.8, 4) is 11.5 Å². The lowest BCUT2D eigenvalue weighted by Gasteiger charge is -2.16. The molecular formula is C12H16N2O4. The van der Waals surface area contributed by atoms with Crippen molar-refractivity contribution in [2.24, 2.45) is 0 Å². The number of benzene rings is 1. The van der Waals surface area contributed by atoms with Crippen molar-refractivity contribution >= 4 is 11.9 Å². The Balaban J connectivity index is 2.69. The molecule has 0 aliphatic carbocycles. The Bertz CT molecular complexity index is 459. The fourth-order valence-corrected chi connectivity index (χ4v) is 1.25. The van der Waals surface area contributed by atoms with Crippen LogP contribution < -0.4 is 15.4 Å². The average Bonchev–Trinajstić information content (AvgIpc) is 2.34. The van der Waals surface area contributed by atoms with Crippen LogP contribution in [0.25, 0.3) is 0 Å². The lowest BCUT2D eigenvalue weighted by atomic mass is 10.2. The minimum Gasteiger partial charge on any atom is -0.508 e. The van der Waals surface area contributed by atoms with Gasteiger partial charge in [-0.25, -0.2) is 4.79 Å². The largest absolute Gasteiger partial charge is 0.508 e. The van der Waals surface area contributed by atoms with Crippen LogP contribution in [-0.2, 0) is 4.79 Å². The van der Waals surface area contributed by atoms with Gasteiger partial charge in [-0.1, -0.05) is 6.07 Å². The number of aromatic hydroxyl groups is 1. The molecule has 18 heavy (non-hydrogen) atoms. The molecule has 6 heteroatoms. The van der Waals surface area contributed by atoms with Gasteiger partial charge in [-0.3, -0.25) is 10.1 Å². The summed E-state index contributed by atoms with van der Waals surface area (Å²) in [5, 5.41) is 13.9. The third-order valence-corrected chi connectivity index (χ3v) is 2.39. The second-order valence-electron chi connectivity index (χ2n) is 3.73. The van der Waals surface area contributed by atoms with Crippen molar-refractivity contribution < 1.29 is 19.4 Å². The molecule has 1 atom stereocenters. The Morgan fingerprint density at radius 3 is 2.67 bits per heavy atom. The molecule has 0 saturated carbocycles. The number of phenols is 1. The molecule has 0 saturated heterocycles. The molecule has 1 aromatic rings. The van der Waals surface area contributed by atoms with E-state index in [-0.39, 0.29) is 5.75 Å². The minimum atomic E-state index is -0.845. The van der Waals surface area contributed by atoms with Crippen LogP contribution in [-0.4, -0.2) is 30.2 Å². The molecule has 0 aliphatic rings. The van der Waals surface area contributed by atoms with Crippen molar-refractivity contribution in [3.05, 3.63) is 23.8 Å². The molecule has 0 radical (unpaired) electrons. The maximum Gasteiger partial charge on any atom is 0.321 e. The van der Waals surface area contributed by atoms with Crippen LogP contribution in [0.2, 0.25) is 0 Å². The van der Waals surface area contributed by atoms with E-state index in [1.54, 1.807) is 19.1 Å². The molecule has 0 aliphatic heterocycles.